The Labute approximate surface area is 204 Å². The number of carbonyl (C=O) groups is 4. The number of imide groups is 1. The zero-order valence-corrected chi connectivity index (χ0v) is 19.3. The number of hydrogen-bond acceptors (Lipinski definition) is 8. The predicted octanol–water partition coefficient (Wildman–Crippen LogP) is 2.29. The fourth-order valence-electron chi connectivity index (χ4n) is 4.29. The van der Waals surface area contributed by atoms with Crippen LogP contribution in [0.3, 0.4) is 0 Å². The zero-order chi connectivity index (χ0) is 25.4. The quantitative estimate of drug-likeness (QED) is 0.241. The molecule has 0 aliphatic carbocycles. The lowest BCUT2D eigenvalue weighted by Crippen LogP contribution is -2.44. The first-order valence-electron chi connectivity index (χ1n) is 11.5. The maximum atomic E-state index is 12.7. The minimum absolute atomic E-state index is 0.0506. The van der Waals surface area contributed by atoms with E-state index in [-0.39, 0.29) is 34.1 Å². The second-order valence-corrected chi connectivity index (χ2v) is 8.62. The van der Waals surface area contributed by atoms with Gasteiger partial charge in [0.1, 0.15) is 22.9 Å². The molecule has 0 bridgehead atoms. The van der Waals surface area contributed by atoms with E-state index in [1.807, 2.05) is 0 Å². The van der Waals surface area contributed by atoms with E-state index in [1.54, 1.807) is 12.1 Å². The highest BCUT2D eigenvalue weighted by Gasteiger charge is 2.41. The highest BCUT2D eigenvalue weighted by atomic mass is 16.5. The molecule has 2 aliphatic heterocycles. The summed E-state index contributed by atoms with van der Waals surface area (Å²) >= 11 is 0. The van der Waals surface area contributed by atoms with Crippen molar-refractivity contribution < 1.29 is 33.1 Å². The summed E-state index contributed by atoms with van der Waals surface area (Å²) in [5.74, 6) is -2.50. The number of ether oxygens (including phenoxy) is 2. The third kappa shape index (κ3) is 4.27. The van der Waals surface area contributed by atoms with E-state index in [2.05, 4.69) is 5.32 Å². The molecule has 10 nitrogen and oxygen atoms in total. The van der Waals surface area contributed by atoms with Crippen molar-refractivity contribution in [1.82, 2.24) is 10.2 Å². The Kier molecular flexibility index (Phi) is 6.11. The number of hydrogen-bond donors (Lipinski definition) is 1. The predicted molar refractivity (Wildman–Crippen MR) is 126 cm³/mol. The molecule has 5 rings (SSSR count). The normalized spacial score (nSPS) is 17.8. The molecule has 1 fully saturated rings. The van der Waals surface area contributed by atoms with E-state index in [4.69, 9.17) is 13.9 Å². The van der Waals surface area contributed by atoms with Gasteiger partial charge in [-0.3, -0.25) is 19.3 Å². The summed E-state index contributed by atoms with van der Waals surface area (Å²) in [4.78, 5) is 63.7. The summed E-state index contributed by atoms with van der Waals surface area (Å²) in [7, 11) is 0. The van der Waals surface area contributed by atoms with Crippen LogP contribution in [0.25, 0.3) is 11.0 Å². The van der Waals surface area contributed by atoms with E-state index >= 15 is 0 Å². The lowest BCUT2D eigenvalue weighted by Gasteiger charge is -2.20. The Morgan fingerprint density at radius 3 is 2.47 bits per heavy atom. The molecule has 3 aromatic rings. The Bertz CT molecular complexity index is 1420. The molecule has 2 aromatic carbocycles. The third-order valence-corrected chi connectivity index (χ3v) is 6.24. The summed E-state index contributed by atoms with van der Waals surface area (Å²) in [6.45, 7) is 2.35. The number of esters is 1. The summed E-state index contributed by atoms with van der Waals surface area (Å²) in [5.41, 5.74) is -0.426. The minimum atomic E-state index is -1.19. The van der Waals surface area contributed by atoms with E-state index in [0.717, 1.165) is 17.7 Å². The van der Waals surface area contributed by atoms with Gasteiger partial charge in [0.2, 0.25) is 0 Å². The number of fused-ring (bicyclic) bond motifs is 2. The number of benzene rings is 2. The smallest absolute Gasteiger partial charge is 0.349 e. The van der Waals surface area contributed by atoms with Crippen molar-refractivity contribution in [1.29, 1.82) is 0 Å². The van der Waals surface area contributed by atoms with Crippen LogP contribution in [0.1, 0.15) is 50.8 Å². The van der Waals surface area contributed by atoms with Crippen LogP contribution in [0.15, 0.2) is 57.7 Å². The third-order valence-electron chi connectivity index (χ3n) is 6.24. The first kappa shape index (κ1) is 23.4. The fourth-order valence-corrected chi connectivity index (χ4v) is 4.29. The maximum Gasteiger partial charge on any atom is 0.349 e. The standard InChI is InChI=1S/C26H22N2O8/c1-14(28-23(30)18-6-2-3-7-19(18)24(28)31)25(32)35-16-9-8-15-11-20(26(33)36-21(15)12-16)22(29)27-13-17-5-4-10-34-17/h2-3,6-9,11-12,14,17H,4-5,10,13H2,1H3,(H,27,29). The van der Waals surface area contributed by atoms with Gasteiger partial charge in [-0.15, -0.1) is 0 Å². The SMILES string of the molecule is CC(C(=O)Oc1ccc2cc(C(=O)NCC3CCCO3)c(=O)oc2c1)N1C(=O)c2ccccc2C1=O. The van der Waals surface area contributed by atoms with Crippen molar-refractivity contribution in [2.75, 3.05) is 13.2 Å². The van der Waals surface area contributed by atoms with Gasteiger partial charge in [0, 0.05) is 24.6 Å². The van der Waals surface area contributed by atoms with Crippen molar-refractivity contribution >= 4 is 34.7 Å². The molecule has 2 aliphatic rings. The van der Waals surface area contributed by atoms with Crippen LogP contribution >= 0.6 is 0 Å². The van der Waals surface area contributed by atoms with Crippen LogP contribution in [0.2, 0.25) is 0 Å². The summed E-state index contributed by atoms with van der Waals surface area (Å²) in [5, 5.41) is 3.13. The first-order chi connectivity index (χ1) is 17.3. The molecule has 184 valence electrons. The van der Waals surface area contributed by atoms with Gasteiger partial charge in [-0.2, -0.15) is 0 Å². The van der Waals surface area contributed by atoms with Gasteiger partial charge in [0.25, 0.3) is 17.7 Å². The maximum absolute atomic E-state index is 12.7. The fraction of sp³-hybridized carbons (Fsp3) is 0.269. The van der Waals surface area contributed by atoms with E-state index in [1.165, 1.54) is 43.3 Å². The lowest BCUT2D eigenvalue weighted by molar-refractivity contribution is -0.138. The van der Waals surface area contributed by atoms with Crippen LogP contribution < -0.4 is 15.7 Å². The number of nitrogens with one attached hydrogen (secondary N) is 1. The van der Waals surface area contributed by atoms with Crippen molar-refractivity contribution in [2.24, 2.45) is 0 Å². The van der Waals surface area contributed by atoms with Gasteiger partial charge >= 0.3 is 11.6 Å². The minimum Gasteiger partial charge on any atom is -0.425 e. The molecule has 36 heavy (non-hydrogen) atoms. The molecule has 2 atom stereocenters. The highest BCUT2D eigenvalue weighted by molar-refractivity contribution is 6.22. The summed E-state index contributed by atoms with van der Waals surface area (Å²) in [6, 6.07) is 10.9. The number of nitrogens with zero attached hydrogens (tertiary/aromatic N) is 1. The topological polar surface area (TPSA) is 132 Å². The monoisotopic (exact) mass is 490 g/mol. The molecular formula is C26H22N2O8. The molecule has 0 saturated carbocycles. The van der Waals surface area contributed by atoms with Gasteiger partial charge < -0.3 is 19.2 Å². The average molecular weight is 490 g/mol. The van der Waals surface area contributed by atoms with Crippen LogP contribution in [0.4, 0.5) is 0 Å². The Morgan fingerprint density at radius 1 is 1.08 bits per heavy atom. The van der Waals surface area contributed by atoms with Crippen molar-refractivity contribution in [3.05, 3.63) is 75.6 Å². The number of amides is 3. The van der Waals surface area contributed by atoms with Gasteiger partial charge in [0.15, 0.2) is 0 Å². The van der Waals surface area contributed by atoms with Crippen LogP contribution in [0.5, 0.6) is 5.75 Å². The second kappa shape index (κ2) is 9.38. The summed E-state index contributed by atoms with van der Waals surface area (Å²) in [6.07, 6.45) is 1.71. The molecule has 1 N–H and O–H groups in total. The Balaban J connectivity index is 1.29. The van der Waals surface area contributed by atoms with Gasteiger partial charge in [-0.1, -0.05) is 12.1 Å². The van der Waals surface area contributed by atoms with Crippen LogP contribution in [0, 0.1) is 0 Å². The van der Waals surface area contributed by atoms with E-state index < -0.39 is 35.4 Å². The van der Waals surface area contributed by atoms with Crippen molar-refractivity contribution in [3.8, 4) is 5.75 Å². The molecule has 10 heteroatoms. The molecule has 3 amide bonds. The molecule has 1 saturated heterocycles. The zero-order valence-electron chi connectivity index (χ0n) is 19.3. The molecule has 2 unspecified atom stereocenters. The van der Waals surface area contributed by atoms with Crippen LogP contribution in [-0.2, 0) is 9.53 Å². The largest absolute Gasteiger partial charge is 0.425 e. The highest BCUT2D eigenvalue weighted by Crippen LogP contribution is 2.26. The molecule has 3 heterocycles. The lowest BCUT2D eigenvalue weighted by atomic mass is 10.1. The van der Waals surface area contributed by atoms with Gasteiger partial charge in [-0.25, -0.2) is 9.59 Å². The number of carbonyl (C=O) groups excluding carboxylic acids is 4. The van der Waals surface area contributed by atoms with Crippen molar-refractivity contribution in [2.45, 2.75) is 31.9 Å². The molecule has 0 radical (unpaired) electrons. The molecule has 0 spiro atoms. The summed E-state index contributed by atoms with van der Waals surface area (Å²) < 4.78 is 16.1. The number of rotatable bonds is 6. The van der Waals surface area contributed by atoms with Gasteiger partial charge in [-0.05, 0) is 50.1 Å². The van der Waals surface area contributed by atoms with Crippen LogP contribution in [-0.4, -0.2) is 53.9 Å². The Hall–Kier alpha value is -4.31. The molecular weight excluding hydrogens is 468 g/mol. The van der Waals surface area contributed by atoms with E-state index in [0.29, 0.717) is 18.5 Å². The average Bonchev–Trinajstić information content (AvgIpc) is 3.48. The van der Waals surface area contributed by atoms with E-state index in [9.17, 15) is 24.0 Å². The van der Waals surface area contributed by atoms with Crippen molar-refractivity contribution in [3.63, 3.8) is 0 Å². The first-order valence-corrected chi connectivity index (χ1v) is 11.5. The second-order valence-electron chi connectivity index (χ2n) is 8.62. The molecule has 1 aromatic heterocycles. The Morgan fingerprint density at radius 2 is 1.81 bits per heavy atom. The van der Waals surface area contributed by atoms with Gasteiger partial charge in [0.05, 0.1) is 17.2 Å².